The Kier molecular flexibility index (Phi) is 6.36. The van der Waals surface area contributed by atoms with Crippen LogP contribution in [0.3, 0.4) is 0 Å². The van der Waals surface area contributed by atoms with Crippen LogP contribution in [0.5, 0.6) is 0 Å². The molecular formula is C17H20ClFN2O3. The molecule has 130 valence electrons. The molecule has 1 aliphatic heterocycles. The smallest absolute Gasteiger partial charge is 0.373 e. The molecule has 1 aromatic heterocycles. The van der Waals surface area contributed by atoms with Crippen molar-refractivity contribution >= 4 is 18.4 Å². The Morgan fingerprint density at radius 1 is 1.42 bits per heavy atom. The van der Waals surface area contributed by atoms with E-state index in [9.17, 15) is 9.18 Å². The molecule has 5 nitrogen and oxygen atoms in total. The van der Waals surface area contributed by atoms with Crippen molar-refractivity contribution in [1.82, 2.24) is 10.2 Å². The number of hydrogen-bond donors (Lipinski definition) is 1. The van der Waals surface area contributed by atoms with Gasteiger partial charge in [0.1, 0.15) is 11.6 Å². The van der Waals surface area contributed by atoms with Crippen molar-refractivity contribution in [3.63, 3.8) is 0 Å². The van der Waals surface area contributed by atoms with Crippen LogP contribution in [0.2, 0.25) is 0 Å². The lowest BCUT2D eigenvalue weighted by Gasteiger charge is -2.36. The molecule has 1 aliphatic rings. The number of nitrogens with one attached hydrogen (secondary N) is 1. The summed E-state index contributed by atoms with van der Waals surface area (Å²) in [5.41, 5.74) is 0.928. The molecule has 0 bridgehead atoms. The van der Waals surface area contributed by atoms with E-state index in [-0.39, 0.29) is 30.0 Å². The number of ether oxygens (including phenoxy) is 1. The van der Waals surface area contributed by atoms with Gasteiger partial charge in [0.15, 0.2) is 0 Å². The van der Waals surface area contributed by atoms with Gasteiger partial charge in [-0.25, -0.2) is 9.18 Å². The Morgan fingerprint density at radius 3 is 3.00 bits per heavy atom. The number of nitrogens with zero attached hydrogens (tertiary/aromatic N) is 1. The second-order valence-corrected chi connectivity index (χ2v) is 5.50. The van der Waals surface area contributed by atoms with Gasteiger partial charge < -0.3 is 14.5 Å². The maximum absolute atomic E-state index is 13.5. The number of rotatable bonds is 4. The number of halogens is 2. The van der Waals surface area contributed by atoms with E-state index in [1.807, 2.05) is 6.07 Å². The van der Waals surface area contributed by atoms with Crippen LogP contribution in [0, 0.1) is 5.82 Å². The van der Waals surface area contributed by atoms with Crippen molar-refractivity contribution in [3.8, 4) is 0 Å². The van der Waals surface area contributed by atoms with Crippen molar-refractivity contribution < 1.29 is 18.3 Å². The Hall–Kier alpha value is -1.89. The average Bonchev–Trinajstić information content (AvgIpc) is 3.03. The van der Waals surface area contributed by atoms with Crippen molar-refractivity contribution in [2.24, 2.45) is 0 Å². The van der Waals surface area contributed by atoms with Crippen molar-refractivity contribution in [2.75, 3.05) is 26.7 Å². The Balaban J connectivity index is 0.00000208. The average molecular weight is 355 g/mol. The summed E-state index contributed by atoms with van der Waals surface area (Å²) in [5.74, 6) is 0.158. The van der Waals surface area contributed by atoms with Crippen LogP contribution < -0.4 is 5.32 Å². The topological polar surface area (TPSA) is 54.7 Å². The molecule has 0 radical (unpaired) electrons. The molecule has 0 amide bonds. The summed E-state index contributed by atoms with van der Waals surface area (Å²) in [4.78, 5) is 13.7. The molecule has 0 spiro atoms. The minimum atomic E-state index is -0.488. The molecular weight excluding hydrogens is 335 g/mol. The summed E-state index contributed by atoms with van der Waals surface area (Å²) in [6, 6.07) is 10.1. The lowest BCUT2D eigenvalue weighted by atomic mass is 10.0. The first-order valence-electron chi connectivity index (χ1n) is 7.54. The second kappa shape index (κ2) is 8.28. The van der Waals surface area contributed by atoms with Crippen LogP contribution in [-0.2, 0) is 11.3 Å². The molecule has 1 atom stereocenters. The number of esters is 1. The van der Waals surface area contributed by atoms with E-state index in [1.165, 1.54) is 13.2 Å². The van der Waals surface area contributed by atoms with Gasteiger partial charge in [0.2, 0.25) is 5.76 Å². The van der Waals surface area contributed by atoms with Gasteiger partial charge in [-0.1, -0.05) is 12.1 Å². The maximum atomic E-state index is 13.5. The third-order valence-corrected chi connectivity index (χ3v) is 3.99. The first-order valence-corrected chi connectivity index (χ1v) is 7.54. The molecule has 1 aromatic carbocycles. The summed E-state index contributed by atoms with van der Waals surface area (Å²) in [5, 5.41) is 3.33. The highest BCUT2D eigenvalue weighted by Crippen LogP contribution is 2.25. The molecule has 7 heteroatoms. The van der Waals surface area contributed by atoms with Crippen LogP contribution in [0.25, 0.3) is 0 Å². The molecule has 0 aliphatic carbocycles. The minimum absolute atomic E-state index is 0. The summed E-state index contributed by atoms with van der Waals surface area (Å²) >= 11 is 0. The fraction of sp³-hybridized carbons (Fsp3) is 0.353. The van der Waals surface area contributed by atoms with Crippen molar-refractivity contribution in [2.45, 2.75) is 12.6 Å². The molecule has 1 fully saturated rings. The quantitative estimate of drug-likeness (QED) is 0.856. The summed E-state index contributed by atoms with van der Waals surface area (Å²) in [6.45, 7) is 2.97. The molecule has 3 rings (SSSR count). The number of benzene rings is 1. The van der Waals surface area contributed by atoms with E-state index >= 15 is 0 Å². The Bertz CT molecular complexity index is 692. The molecule has 1 saturated heterocycles. The lowest BCUT2D eigenvalue weighted by Crippen LogP contribution is -2.45. The van der Waals surface area contributed by atoms with E-state index in [0.717, 1.165) is 25.2 Å². The van der Waals surface area contributed by atoms with E-state index in [4.69, 9.17) is 4.42 Å². The largest absolute Gasteiger partial charge is 0.463 e. The van der Waals surface area contributed by atoms with Gasteiger partial charge in [-0.15, -0.1) is 12.4 Å². The predicted octanol–water partition coefficient (Wildman–Crippen LogP) is 2.77. The van der Waals surface area contributed by atoms with Gasteiger partial charge in [0.25, 0.3) is 0 Å². The van der Waals surface area contributed by atoms with Crippen LogP contribution in [0.15, 0.2) is 40.8 Å². The van der Waals surface area contributed by atoms with Crippen molar-refractivity contribution in [3.05, 3.63) is 59.3 Å². The minimum Gasteiger partial charge on any atom is -0.463 e. The maximum Gasteiger partial charge on any atom is 0.373 e. The zero-order chi connectivity index (χ0) is 16.2. The fourth-order valence-electron chi connectivity index (χ4n) is 2.85. The van der Waals surface area contributed by atoms with Gasteiger partial charge in [0, 0.05) is 25.7 Å². The van der Waals surface area contributed by atoms with E-state index in [0.29, 0.717) is 12.3 Å². The molecule has 2 heterocycles. The normalized spacial score (nSPS) is 18.0. The van der Waals surface area contributed by atoms with E-state index < -0.39 is 5.97 Å². The Morgan fingerprint density at radius 2 is 2.25 bits per heavy atom. The summed E-state index contributed by atoms with van der Waals surface area (Å²) in [7, 11) is 1.32. The first kappa shape index (κ1) is 18.4. The fourth-order valence-corrected chi connectivity index (χ4v) is 2.85. The van der Waals surface area contributed by atoms with Gasteiger partial charge in [-0.3, -0.25) is 4.90 Å². The van der Waals surface area contributed by atoms with Gasteiger partial charge in [-0.05, 0) is 29.8 Å². The number of carbonyl (C=O) groups is 1. The van der Waals surface area contributed by atoms with Gasteiger partial charge in [0.05, 0.1) is 13.7 Å². The highest BCUT2D eigenvalue weighted by Gasteiger charge is 2.25. The predicted molar refractivity (Wildman–Crippen MR) is 89.7 cm³/mol. The molecule has 1 unspecified atom stereocenters. The van der Waals surface area contributed by atoms with Crippen LogP contribution >= 0.6 is 12.4 Å². The zero-order valence-corrected chi connectivity index (χ0v) is 14.1. The third kappa shape index (κ3) is 4.14. The summed E-state index contributed by atoms with van der Waals surface area (Å²) in [6.07, 6.45) is 0. The standard InChI is InChI=1S/C17H19FN2O3.ClH/c1-22-17(21)16-6-5-14(23-16)11-20-8-7-19-10-15(20)12-3-2-4-13(18)9-12;/h2-6,9,15,19H,7-8,10-11H2,1H3;1H. The number of furan rings is 1. The third-order valence-electron chi connectivity index (χ3n) is 3.99. The lowest BCUT2D eigenvalue weighted by molar-refractivity contribution is 0.0559. The number of carbonyl (C=O) groups excluding carboxylic acids is 1. The highest BCUT2D eigenvalue weighted by atomic mass is 35.5. The zero-order valence-electron chi connectivity index (χ0n) is 13.3. The van der Waals surface area contributed by atoms with Gasteiger partial charge >= 0.3 is 5.97 Å². The van der Waals surface area contributed by atoms with E-state index in [1.54, 1.807) is 24.3 Å². The molecule has 2 aromatic rings. The molecule has 0 saturated carbocycles. The second-order valence-electron chi connectivity index (χ2n) is 5.50. The Labute approximate surface area is 146 Å². The van der Waals surface area contributed by atoms with Crippen LogP contribution in [-0.4, -0.2) is 37.6 Å². The highest BCUT2D eigenvalue weighted by molar-refractivity contribution is 5.86. The first-order chi connectivity index (χ1) is 11.2. The van der Waals surface area contributed by atoms with E-state index in [2.05, 4.69) is 15.0 Å². The molecule has 24 heavy (non-hydrogen) atoms. The van der Waals surface area contributed by atoms with Crippen LogP contribution in [0.1, 0.15) is 27.9 Å². The number of methoxy groups -OCH3 is 1. The molecule has 1 N–H and O–H groups in total. The van der Waals surface area contributed by atoms with Crippen molar-refractivity contribution in [1.29, 1.82) is 0 Å². The SMILES string of the molecule is COC(=O)c1ccc(CN2CCNCC2c2cccc(F)c2)o1.Cl. The monoisotopic (exact) mass is 354 g/mol. The summed E-state index contributed by atoms with van der Waals surface area (Å²) < 4.78 is 23.7. The number of piperazine rings is 1. The number of hydrogen-bond acceptors (Lipinski definition) is 5. The van der Waals surface area contributed by atoms with Gasteiger partial charge in [-0.2, -0.15) is 0 Å². The van der Waals surface area contributed by atoms with Crippen LogP contribution in [0.4, 0.5) is 4.39 Å².